The van der Waals surface area contributed by atoms with E-state index >= 15 is 0 Å². The molecule has 2 N–H and O–H groups in total. The second kappa shape index (κ2) is 11.5. The summed E-state index contributed by atoms with van der Waals surface area (Å²) in [6.45, 7) is 5.70. The molecule has 180 valence electrons. The standard InChI is InChI=1S/C23H25N3O5S3/c1-4-31-21(27)13-18-14-32-23(24-18)25-22(28)16(3)33-19-9-7-17(8-10-19)26-34(29,30)20-11-5-15(2)6-12-20/h5-12,14,16,26H,4,13H2,1-3H3,(H,24,25,28). The van der Waals surface area contributed by atoms with Crippen molar-refractivity contribution in [3.8, 4) is 0 Å². The van der Waals surface area contributed by atoms with Crippen molar-refractivity contribution in [2.24, 2.45) is 0 Å². The summed E-state index contributed by atoms with van der Waals surface area (Å²) in [7, 11) is -3.68. The summed E-state index contributed by atoms with van der Waals surface area (Å²) in [6.07, 6.45) is 0.0601. The first kappa shape index (κ1) is 25.7. The summed E-state index contributed by atoms with van der Waals surface area (Å²) in [5.41, 5.74) is 1.95. The number of benzene rings is 2. The largest absolute Gasteiger partial charge is 0.466 e. The highest BCUT2D eigenvalue weighted by Gasteiger charge is 2.18. The van der Waals surface area contributed by atoms with Crippen LogP contribution in [0.4, 0.5) is 10.8 Å². The number of carbonyl (C=O) groups excluding carboxylic acids is 2. The van der Waals surface area contributed by atoms with Gasteiger partial charge in [-0.15, -0.1) is 23.1 Å². The Labute approximate surface area is 207 Å². The molecule has 1 aromatic heterocycles. The Morgan fingerprint density at radius 2 is 1.79 bits per heavy atom. The molecule has 1 amide bonds. The molecule has 0 spiro atoms. The van der Waals surface area contributed by atoms with Crippen LogP contribution in [0.15, 0.2) is 63.7 Å². The molecule has 1 atom stereocenters. The minimum absolute atomic E-state index is 0.0601. The van der Waals surface area contributed by atoms with Gasteiger partial charge in [0.25, 0.3) is 10.0 Å². The van der Waals surface area contributed by atoms with Crippen molar-refractivity contribution in [2.45, 2.75) is 42.2 Å². The molecule has 0 aliphatic carbocycles. The summed E-state index contributed by atoms with van der Waals surface area (Å²) < 4.78 is 32.5. The number of nitrogens with one attached hydrogen (secondary N) is 2. The van der Waals surface area contributed by atoms with E-state index in [0.29, 0.717) is 23.1 Å². The van der Waals surface area contributed by atoms with Crippen LogP contribution in [-0.2, 0) is 30.8 Å². The Kier molecular flexibility index (Phi) is 8.70. The average Bonchev–Trinajstić information content (AvgIpc) is 3.21. The molecule has 0 saturated heterocycles. The number of rotatable bonds is 10. The second-order valence-electron chi connectivity index (χ2n) is 7.32. The third-order valence-corrected chi connectivity index (χ3v) is 7.85. The number of hydrogen-bond donors (Lipinski definition) is 2. The van der Waals surface area contributed by atoms with Crippen molar-refractivity contribution in [1.82, 2.24) is 4.98 Å². The maximum Gasteiger partial charge on any atom is 0.311 e. The number of nitrogens with zero attached hydrogens (tertiary/aromatic N) is 1. The van der Waals surface area contributed by atoms with Crippen LogP contribution < -0.4 is 10.0 Å². The summed E-state index contributed by atoms with van der Waals surface area (Å²) in [5.74, 6) is -0.592. The van der Waals surface area contributed by atoms with Gasteiger partial charge in [-0.2, -0.15) is 0 Å². The molecule has 3 rings (SSSR count). The van der Waals surface area contributed by atoms with Crippen LogP contribution >= 0.6 is 23.1 Å². The molecule has 0 aliphatic rings. The monoisotopic (exact) mass is 519 g/mol. The van der Waals surface area contributed by atoms with Crippen molar-refractivity contribution < 1.29 is 22.7 Å². The molecule has 1 heterocycles. The summed E-state index contributed by atoms with van der Waals surface area (Å²) in [6, 6.07) is 13.4. The lowest BCUT2D eigenvalue weighted by atomic mass is 10.2. The highest BCUT2D eigenvalue weighted by molar-refractivity contribution is 8.00. The van der Waals surface area contributed by atoms with Crippen LogP contribution in [0, 0.1) is 6.92 Å². The second-order valence-corrected chi connectivity index (χ2v) is 11.3. The van der Waals surface area contributed by atoms with E-state index in [1.54, 1.807) is 67.8 Å². The number of aryl methyl sites for hydroxylation is 1. The first-order chi connectivity index (χ1) is 16.2. The molecule has 0 radical (unpaired) electrons. The highest BCUT2D eigenvalue weighted by atomic mass is 32.2. The van der Waals surface area contributed by atoms with Crippen LogP contribution in [0.3, 0.4) is 0 Å². The predicted molar refractivity (Wildman–Crippen MR) is 135 cm³/mol. The predicted octanol–water partition coefficient (Wildman–Crippen LogP) is 4.48. The normalized spacial score (nSPS) is 12.1. The lowest BCUT2D eigenvalue weighted by molar-refractivity contribution is -0.142. The minimum atomic E-state index is -3.68. The number of amides is 1. The van der Waals surface area contributed by atoms with E-state index < -0.39 is 15.3 Å². The first-order valence-electron chi connectivity index (χ1n) is 10.4. The Balaban J connectivity index is 1.54. The third kappa shape index (κ3) is 7.31. The van der Waals surface area contributed by atoms with Crippen LogP contribution in [0.2, 0.25) is 0 Å². The molecular formula is C23H25N3O5S3. The number of anilines is 2. The number of aromatic nitrogens is 1. The topological polar surface area (TPSA) is 114 Å². The SMILES string of the molecule is CCOC(=O)Cc1csc(NC(=O)C(C)Sc2ccc(NS(=O)(=O)c3ccc(C)cc3)cc2)n1. The summed E-state index contributed by atoms with van der Waals surface area (Å²) in [4.78, 5) is 29.3. The molecule has 0 aliphatic heterocycles. The van der Waals surface area contributed by atoms with Crippen molar-refractivity contribution in [3.05, 3.63) is 65.2 Å². The van der Waals surface area contributed by atoms with Gasteiger partial charge < -0.3 is 10.1 Å². The number of thioether (sulfide) groups is 1. The third-order valence-electron chi connectivity index (χ3n) is 4.53. The van der Waals surface area contributed by atoms with Crippen molar-refractivity contribution in [1.29, 1.82) is 0 Å². The number of esters is 1. The minimum Gasteiger partial charge on any atom is -0.466 e. The lowest BCUT2D eigenvalue weighted by Crippen LogP contribution is -2.22. The van der Waals surface area contributed by atoms with Crippen LogP contribution in [0.25, 0.3) is 0 Å². The smallest absolute Gasteiger partial charge is 0.311 e. The number of thiazole rings is 1. The van der Waals surface area contributed by atoms with Crippen LogP contribution in [-0.4, -0.2) is 37.1 Å². The van der Waals surface area contributed by atoms with Gasteiger partial charge in [0, 0.05) is 16.0 Å². The van der Waals surface area contributed by atoms with Crippen LogP contribution in [0.5, 0.6) is 0 Å². The fraction of sp³-hybridized carbons (Fsp3) is 0.261. The Morgan fingerprint density at radius 1 is 1.12 bits per heavy atom. The van der Waals surface area contributed by atoms with E-state index in [9.17, 15) is 18.0 Å². The number of ether oxygens (including phenoxy) is 1. The molecule has 1 unspecified atom stereocenters. The lowest BCUT2D eigenvalue weighted by Gasteiger charge is -2.12. The van der Waals surface area contributed by atoms with E-state index in [-0.39, 0.29) is 23.2 Å². The fourth-order valence-electron chi connectivity index (χ4n) is 2.80. The molecule has 3 aromatic rings. The zero-order chi connectivity index (χ0) is 24.7. The van der Waals surface area contributed by atoms with Crippen molar-refractivity contribution in [2.75, 3.05) is 16.6 Å². The van der Waals surface area contributed by atoms with E-state index in [1.807, 2.05) is 6.92 Å². The Morgan fingerprint density at radius 3 is 2.44 bits per heavy atom. The molecule has 0 bridgehead atoms. The quantitative estimate of drug-likeness (QED) is 0.300. The molecule has 34 heavy (non-hydrogen) atoms. The summed E-state index contributed by atoms with van der Waals surface area (Å²) >= 11 is 2.58. The fourth-order valence-corrected chi connectivity index (χ4v) is 5.44. The van der Waals surface area contributed by atoms with Gasteiger partial charge in [0.05, 0.1) is 28.9 Å². The molecule has 2 aromatic carbocycles. The number of carbonyl (C=O) groups is 2. The zero-order valence-electron chi connectivity index (χ0n) is 18.9. The van der Waals surface area contributed by atoms with Gasteiger partial charge in [-0.05, 0) is 57.2 Å². The maximum absolute atomic E-state index is 12.5. The van der Waals surface area contributed by atoms with Gasteiger partial charge in [0.2, 0.25) is 5.91 Å². The van der Waals surface area contributed by atoms with Gasteiger partial charge in [-0.3, -0.25) is 14.3 Å². The van der Waals surface area contributed by atoms with E-state index in [2.05, 4.69) is 15.0 Å². The Bertz CT molecular complexity index is 1240. The van der Waals surface area contributed by atoms with Crippen molar-refractivity contribution in [3.63, 3.8) is 0 Å². The number of hydrogen-bond acceptors (Lipinski definition) is 8. The van der Waals surface area contributed by atoms with Gasteiger partial charge in [-0.1, -0.05) is 17.7 Å². The van der Waals surface area contributed by atoms with E-state index in [0.717, 1.165) is 10.5 Å². The number of sulfonamides is 1. The molecule has 8 nitrogen and oxygen atoms in total. The zero-order valence-corrected chi connectivity index (χ0v) is 21.4. The highest BCUT2D eigenvalue weighted by Crippen LogP contribution is 2.27. The maximum atomic E-state index is 12.5. The molecule has 11 heteroatoms. The first-order valence-corrected chi connectivity index (χ1v) is 13.7. The van der Waals surface area contributed by atoms with Gasteiger partial charge in [-0.25, -0.2) is 13.4 Å². The molecular weight excluding hydrogens is 494 g/mol. The van der Waals surface area contributed by atoms with Crippen LogP contribution in [0.1, 0.15) is 25.1 Å². The van der Waals surface area contributed by atoms with Crippen molar-refractivity contribution >= 4 is 55.8 Å². The van der Waals surface area contributed by atoms with Gasteiger partial charge in [0.1, 0.15) is 0 Å². The van der Waals surface area contributed by atoms with E-state index in [1.165, 1.54) is 23.1 Å². The van der Waals surface area contributed by atoms with E-state index in [4.69, 9.17) is 4.74 Å². The average molecular weight is 520 g/mol. The summed E-state index contributed by atoms with van der Waals surface area (Å²) in [5, 5.41) is 4.46. The van der Waals surface area contributed by atoms with Gasteiger partial charge >= 0.3 is 5.97 Å². The van der Waals surface area contributed by atoms with Gasteiger partial charge in [0.15, 0.2) is 5.13 Å². The Hall–Kier alpha value is -2.89. The molecule has 0 fully saturated rings. The molecule has 0 saturated carbocycles.